The first kappa shape index (κ1) is 11.9. The fourth-order valence-corrected chi connectivity index (χ4v) is 2.97. The molecule has 0 aliphatic heterocycles. The highest BCUT2D eigenvalue weighted by molar-refractivity contribution is 7.89. The van der Waals surface area contributed by atoms with E-state index in [9.17, 15) is 8.42 Å². The van der Waals surface area contributed by atoms with E-state index >= 15 is 0 Å². The molecule has 98 valence electrons. The number of benzene rings is 1. The summed E-state index contributed by atoms with van der Waals surface area (Å²) in [5, 5.41) is 7.40. The highest BCUT2D eigenvalue weighted by atomic mass is 32.2. The lowest BCUT2D eigenvalue weighted by atomic mass is 10.3. The van der Waals surface area contributed by atoms with E-state index in [2.05, 4.69) is 10.3 Å². The molecule has 0 bridgehead atoms. The summed E-state index contributed by atoms with van der Waals surface area (Å²) in [7, 11) is -3.84. The molecule has 19 heavy (non-hydrogen) atoms. The van der Waals surface area contributed by atoms with Crippen molar-refractivity contribution in [3.8, 4) is 0 Å². The van der Waals surface area contributed by atoms with Crippen LogP contribution in [0.3, 0.4) is 0 Å². The summed E-state index contributed by atoms with van der Waals surface area (Å²) in [6.07, 6.45) is 0.633. The van der Waals surface area contributed by atoms with Gasteiger partial charge >= 0.3 is 10.0 Å². The molecule has 0 aliphatic carbocycles. The molecule has 0 amide bonds. The van der Waals surface area contributed by atoms with Gasteiger partial charge < -0.3 is 4.42 Å². The van der Waals surface area contributed by atoms with Crippen molar-refractivity contribution in [3.63, 3.8) is 0 Å². The van der Waals surface area contributed by atoms with E-state index in [0.29, 0.717) is 23.2 Å². The predicted octanol–water partition coefficient (Wildman–Crippen LogP) is 1.82. The van der Waals surface area contributed by atoms with E-state index in [1.807, 2.05) is 6.92 Å². The highest BCUT2D eigenvalue weighted by Gasteiger charge is 2.24. The Balaban J connectivity index is 2.19. The Morgan fingerprint density at radius 2 is 2.00 bits per heavy atom. The third kappa shape index (κ3) is 1.82. The number of rotatable bonds is 3. The Kier molecular flexibility index (Phi) is 2.63. The van der Waals surface area contributed by atoms with Gasteiger partial charge in [0.15, 0.2) is 0 Å². The fraction of sp³-hybridized carbons (Fsp3) is 0.167. The van der Waals surface area contributed by atoms with Gasteiger partial charge in [0.25, 0.3) is 0 Å². The normalized spacial score (nSPS) is 12.1. The number of hydrogen-bond donors (Lipinski definition) is 0. The van der Waals surface area contributed by atoms with Crippen LogP contribution in [0.4, 0.5) is 0 Å². The van der Waals surface area contributed by atoms with Gasteiger partial charge in [0.2, 0.25) is 5.09 Å². The lowest BCUT2D eigenvalue weighted by Crippen LogP contribution is -2.13. The van der Waals surface area contributed by atoms with Crippen LogP contribution in [-0.2, 0) is 16.4 Å². The third-order valence-electron chi connectivity index (χ3n) is 2.79. The molecule has 0 atom stereocenters. The smallest absolute Gasteiger partial charge is 0.318 e. The summed E-state index contributed by atoms with van der Waals surface area (Å²) in [5.74, 6) is 0.614. The zero-order valence-corrected chi connectivity index (χ0v) is 11.0. The Hall–Kier alpha value is -2.15. The summed E-state index contributed by atoms with van der Waals surface area (Å²) in [5.41, 5.74) is 0.949. The van der Waals surface area contributed by atoms with Crippen LogP contribution in [-0.4, -0.2) is 22.8 Å². The lowest BCUT2D eigenvalue weighted by molar-refractivity contribution is 0.414. The van der Waals surface area contributed by atoms with Crippen molar-refractivity contribution < 1.29 is 12.8 Å². The highest BCUT2D eigenvalue weighted by Crippen LogP contribution is 2.20. The molecule has 0 saturated carbocycles. The standard InChI is InChI=1S/C12H11N3O3S/c1-2-9-7-8-12(18-9)19(16,17)15-11-6-4-3-5-10(11)13-14-15/h3-8H,2H2,1H3. The molecular weight excluding hydrogens is 266 g/mol. The molecule has 1 aromatic carbocycles. The molecule has 2 aromatic heterocycles. The van der Waals surface area contributed by atoms with Gasteiger partial charge in [0.1, 0.15) is 16.8 Å². The van der Waals surface area contributed by atoms with Gasteiger partial charge in [-0.1, -0.05) is 24.3 Å². The first-order valence-corrected chi connectivity index (χ1v) is 7.21. The topological polar surface area (TPSA) is 78.0 Å². The molecule has 0 N–H and O–H groups in total. The number of furan rings is 1. The minimum Gasteiger partial charge on any atom is -0.448 e. The van der Waals surface area contributed by atoms with Gasteiger partial charge in [-0.25, -0.2) is 0 Å². The van der Waals surface area contributed by atoms with Crippen molar-refractivity contribution in [2.45, 2.75) is 18.4 Å². The zero-order chi connectivity index (χ0) is 13.5. The van der Waals surface area contributed by atoms with E-state index in [-0.39, 0.29) is 5.09 Å². The van der Waals surface area contributed by atoms with Gasteiger partial charge in [0, 0.05) is 6.42 Å². The maximum absolute atomic E-state index is 12.4. The second-order valence-corrected chi connectivity index (χ2v) is 5.70. The van der Waals surface area contributed by atoms with Crippen molar-refractivity contribution in [1.82, 2.24) is 14.4 Å². The van der Waals surface area contributed by atoms with Gasteiger partial charge in [-0.15, -0.1) is 9.19 Å². The summed E-state index contributed by atoms with van der Waals surface area (Å²) in [6, 6.07) is 9.94. The van der Waals surface area contributed by atoms with Crippen LogP contribution in [0.25, 0.3) is 11.0 Å². The average molecular weight is 277 g/mol. The fourth-order valence-electron chi connectivity index (χ4n) is 1.80. The number of aryl methyl sites for hydroxylation is 1. The van der Waals surface area contributed by atoms with Crippen LogP contribution >= 0.6 is 0 Å². The molecule has 2 heterocycles. The van der Waals surface area contributed by atoms with E-state index in [1.54, 1.807) is 30.3 Å². The van der Waals surface area contributed by atoms with Crippen LogP contribution in [0.1, 0.15) is 12.7 Å². The van der Waals surface area contributed by atoms with Gasteiger partial charge in [-0.2, -0.15) is 8.42 Å². The van der Waals surface area contributed by atoms with Crippen molar-refractivity contribution >= 4 is 21.1 Å². The second kappa shape index (κ2) is 4.20. The van der Waals surface area contributed by atoms with E-state index in [4.69, 9.17) is 4.42 Å². The SMILES string of the molecule is CCc1ccc(S(=O)(=O)n2nnc3ccccc32)o1. The molecule has 0 saturated heterocycles. The maximum atomic E-state index is 12.4. The first-order valence-electron chi connectivity index (χ1n) is 5.77. The minimum atomic E-state index is -3.84. The van der Waals surface area contributed by atoms with Crippen LogP contribution in [0.5, 0.6) is 0 Å². The number of nitrogens with zero attached hydrogens (tertiary/aromatic N) is 3. The van der Waals surface area contributed by atoms with Gasteiger partial charge in [0.05, 0.1) is 0 Å². The van der Waals surface area contributed by atoms with Crippen LogP contribution in [0, 0.1) is 0 Å². The molecular formula is C12H11N3O3S. The Morgan fingerprint density at radius 1 is 1.21 bits per heavy atom. The largest absolute Gasteiger partial charge is 0.448 e. The van der Waals surface area contributed by atoms with Crippen LogP contribution < -0.4 is 0 Å². The number of aromatic nitrogens is 3. The van der Waals surface area contributed by atoms with Crippen molar-refractivity contribution in [2.24, 2.45) is 0 Å². The number of fused-ring (bicyclic) bond motifs is 1. The Bertz CT molecular complexity index is 833. The summed E-state index contributed by atoms with van der Waals surface area (Å²) in [6.45, 7) is 1.89. The molecule has 0 spiro atoms. The lowest BCUT2D eigenvalue weighted by Gasteiger charge is -2.01. The van der Waals surface area contributed by atoms with Gasteiger partial charge in [-0.05, 0) is 24.3 Å². The van der Waals surface area contributed by atoms with E-state index < -0.39 is 10.0 Å². The Morgan fingerprint density at radius 3 is 2.74 bits per heavy atom. The summed E-state index contributed by atoms with van der Waals surface area (Å²) >= 11 is 0. The molecule has 0 radical (unpaired) electrons. The third-order valence-corrected chi connectivity index (χ3v) is 4.24. The molecule has 0 aliphatic rings. The average Bonchev–Trinajstić information content (AvgIpc) is 3.06. The predicted molar refractivity (Wildman–Crippen MR) is 68.2 cm³/mol. The van der Waals surface area contributed by atoms with Crippen molar-refractivity contribution in [2.75, 3.05) is 0 Å². The van der Waals surface area contributed by atoms with Crippen molar-refractivity contribution in [3.05, 3.63) is 42.2 Å². The van der Waals surface area contributed by atoms with Crippen LogP contribution in [0.2, 0.25) is 0 Å². The quantitative estimate of drug-likeness (QED) is 0.729. The minimum absolute atomic E-state index is 0.125. The maximum Gasteiger partial charge on any atom is 0.318 e. The van der Waals surface area contributed by atoms with Crippen molar-refractivity contribution in [1.29, 1.82) is 0 Å². The first-order chi connectivity index (χ1) is 9.13. The zero-order valence-electron chi connectivity index (χ0n) is 10.1. The molecule has 7 heteroatoms. The number of para-hydroxylation sites is 1. The molecule has 6 nitrogen and oxygen atoms in total. The molecule has 3 rings (SSSR count). The summed E-state index contributed by atoms with van der Waals surface area (Å²) in [4.78, 5) is 0. The Labute approximate surface area is 109 Å². The monoisotopic (exact) mass is 277 g/mol. The van der Waals surface area contributed by atoms with Gasteiger partial charge in [-0.3, -0.25) is 0 Å². The van der Waals surface area contributed by atoms with E-state index in [0.717, 1.165) is 4.09 Å². The molecule has 0 fully saturated rings. The van der Waals surface area contributed by atoms with Crippen LogP contribution in [0.15, 0.2) is 45.9 Å². The van der Waals surface area contributed by atoms with E-state index in [1.165, 1.54) is 6.07 Å². The molecule has 0 unspecified atom stereocenters. The number of hydrogen-bond acceptors (Lipinski definition) is 5. The molecule has 3 aromatic rings. The summed E-state index contributed by atoms with van der Waals surface area (Å²) < 4.78 is 31.0. The second-order valence-electron chi connectivity index (χ2n) is 4.00.